The zero-order valence-electron chi connectivity index (χ0n) is 11.2. The second-order valence-corrected chi connectivity index (χ2v) is 4.05. The van der Waals surface area contributed by atoms with Crippen molar-refractivity contribution in [1.82, 2.24) is 0 Å². The van der Waals surface area contributed by atoms with Crippen molar-refractivity contribution < 1.29 is 14.8 Å². The van der Waals surface area contributed by atoms with E-state index in [1.807, 2.05) is 30.3 Å². The highest BCUT2D eigenvalue weighted by atomic mass is 16.6. The number of phenolic OH excluding ortho intramolecular Hbond substituents is 1. The second kappa shape index (κ2) is 6.38. The molecule has 2 N–H and O–H groups in total. The number of ether oxygens (including phenoxy) is 1. The molecule has 0 aromatic heterocycles. The first-order valence-corrected chi connectivity index (χ1v) is 6.02. The lowest BCUT2D eigenvalue weighted by Gasteiger charge is -2.06. The fraction of sp³-hybridized carbons (Fsp3) is 0.0714. The van der Waals surface area contributed by atoms with E-state index >= 15 is 0 Å². The average molecular weight is 287 g/mol. The Labute approximate surface area is 120 Å². The summed E-state index contributed by atoms with van der Waals surface area (Å²) in [5.74, 6) is -0.485. The summed E-state index contributed by atoms with van der Waals surface area (Å²) in [7, 11) is 1.26. The number of phenols is 1. The number of nitrogens with zero attached hydrogens (tertiary/aromatic N) is 2. The Morgan fingerprint density at radius 2 is 2.00 bits per heavy atom. The first-order chi connectivity index (χ1) is 10.1. The number of nitro groups is 1. The number of benzene rings is 2. The third-order valence-electron chi connectivity index (χ3n) is 2.70. The SMILES string of the molecule is COc1c(O)ccc(/C=N/Nc2ccccc2)c1[N+](=O)[O-]. The van der Waals surface area contributed by atoms with Crippen molar-refractivity contribution in [2.75, 3.05) is 12.5 Å². The van der Waals surface area contributed by atoms with Crippen LogP contribution in [-0.4, -0.2) is 23.4 Å². The third-order valence-corrected chi connectivity index (χ3v) is 2.70. The number of anilines is 1. The molecule has 0 atom stereocenters. The predicted molar refractivity (Wildman–Crippen MR) is 79.0 cm³/mol. The third kappa shape index (κ3) is 3.27. The van der Waals surface area contributed by atoms with Gasteiger partial charge in [-0.3, -0.25) is 15.5 Å². The number of hydrazone groups is 1. The summed E-state index contributed by atoms with van der Waals surface area (Å²) >= 11 is 0. The van der Waals surface area contributed by atoms with E-state index in [4.69, 9.17) is 4.74 Å². The summed E-state index contributed by atoms with van der Waals surface area (Å²) in [6.45, 7) is 0. The monoisotopic (exact) mass is 287 g/mol. The minimum Gasteiger partial charge on any atom is -0.504 e. The molecule has 0 heterocycles. The molecule has 0 saturated carbocycles. The number of hydrogen-bond acceptors (Lipinski definition) is 6. The van der Waals surface area contributed by atoms with Gasteiger partial charge < -0.3 is 9.84 Å². The lowest BCUT2D eigenvalue weighted by atomic mass is 10.1. The van der Waals surface area contributed by atoms with Crippen LogP contribution in [0.2, 0.25) is 0 Å². The van der Waals surface area contributed by atoms with E-state index in [9.17, 15) is 15.2 Å². The number of para-hydroxylation sites is 1. The van der Waals surface area contributed by atoms with Crippen molar-refractivity contribution >= 4 is 17.6 Å². The summed E-state index contributed by atoms with van der Waals surface area (Å²) in [5.41, 5.74) is 3.39. The van der Waals surface area contributed by atoms with E-state index in [1.54, 1.807) is 0 Å². The van der Waals surface area contributed by atoms with Crippen molar-refractivity contribution in [3.8, 4) is 11.5 Å². The number of nitro benzene ring substituents is 1. The second-order valence-electron chi connectivity index (χ2n) is 4.05. The number of rotatable bonds is 5. The quantitative estimate of drug-likeness (QED) is 0.500. The zero-order valence-corrected chi connectivity index (χ0v) is 11.2. The average Bonchev–Trinajstić information content (AvgIpc) is 2.49. The van der Waals surface area contributed by atoms with Crippen molar-refractivity contribution in [1.29, 1.82) is 0 Å². The first-order valence-electron chi connectivity index (χ1n) is 6.02. The largest absolute Gasteiger partial charge is 0.504 e. The fourth-order valence-electron chi connectivity index (χ4n) is 1.76. The van der Waals surface area contributed by atoms with Crippen LogP contribution in [0.25, 0.3) is 0 Å². The molecule has 7 heteroatoms. The number of aromatic hydroxyl groups is 1. The lowest BCUT2D eigenvalue weighted by Crippen LogP contribution is -2.00. The molecule has 0 radical (unpaired) electrons. The van der Waals surface area contributed by atoms with Crippen molar-refractivity contribution in [3.63, 3.8) is 0 Å². The maximum Gasteiger partial charge on any atom is 0.323 e. The number of nitrogens with one attached hydrogen (secondary N) is 1. The summed E-state index contributed by atoms with van der Waals surface area (Å²) in [6, 6.07) is 11.9. The van der Waals surface area contributed by atoms with Crippen molar-refractivity contribution in [2.24, 2.45) is 5.10 Å². The molecule has 0 fully saturated rings. The minimum atomic E-state index is -0.623. The van der Waals surface area contributed by atoms with Gasteiger partial charge >= 0.3 is 5.69 Å². The minimum absolute atomic E-state index is 0.191. The standard InChI is InChI=1S/C14H13N3O4/c1-21-14-12(18)8-7-10(13(14)17(19)20)9-15-16-11-5-3-2-4-6-11/h2-9,16,18H,1H3/b15-9+. The van der Waals surface area contributed by atoms with Gasteiger partial charge in [0.15, 0.2) is 5.75 Å². The molecular formula is C14H13N3O4. The highest BCUT2D eigenvalue weighted by Crippen LogP contribution is 2.37. The molecule has 21 heavy (non-hydrogen) atoms. The molecular weight excluding hydrogens is 274 g/mol. The Hall–Kier alpha value is -3.09. The molecule has 0 saturated heterocycles. The Kier molecular flexibility index (Phi) is 4.35. The van der Waals surface area contributed by atoms with Crippen LogP contribution in [0.4, 0.5) is 11.4 Å². The maximum absolute atomic E-state index is 11.1. The smallest absolute Gasteiger partial charge is 0.323 e. The van der Waals surface area contributed by atoms with Gasteiger partial charge in [-0.1, -0.05) is 18.2 Å². The van der Waals surface area contributed by atoms with Gasteiger partial charge in [-0.2, -0.15) is 5.10 Å². The summed E-state index contributed by atoms with van der Waals surface area (Å²) in [5, 5.41) is 24.6. The molecule has 0 amide bonds. The van der Waals surface area contributed by atoms with Crippen LogP contribution < -0.4 is 10.2 Å². The van der Waals surface area contributed by atoms with Gasteiger partial charge in [0.1, 0.15) is 0 Å². The number of hydrogen-bond donors (Lipinski definition) is 2. The topological polar surface area (TPSA) is 97.0 Å². The van der Waals surface area contributed by atoms with Gasteiger partial charge in [-0.25, -0.2) is 0 Å². The van der Waals surface area contributed by atoms with Gasteiger partial charge in [-0.05, 0) is 24.3 Å². The van der Waals surface area contributed by atoms with Crippen LogP contribution in [0, 0.1) is 10.1 Å². The van der Waals surface area contributed by atoms with Crippen LogP contribution in [0.1, 0.15) is 5.56 Å². The Morgan fingerprint density at radius 1 is 1.29 bits per heavy atom. The van der Waals surface area contributed by atoms with Crippen LogP contribution in [0.5, 0.6) is 11.5 Å². The molecule has 2 rings (SSSR count). The van der Waals surface area contributed by atoms with Crippen LogP contribution >= 0.6 is 0 Å². The van der Waals surface area contributed by atoms with E-state index in [0.717, 1.165) is 5.69 Å². The zero-order chi connectivity index (χ0) is 15.2. The molecule has 0 bridgehead atoms. The van der Waals surface area contributed by atoms with E-state index in [-0.39, 0.29) is 22.7 Å². The Bertz CT molecular complexity index is 671. The van der Waals surface area contributed by atoms with E-state index < -0.39 is 4.92 Å². The molecule has 0 aliphatic heterocycles. The van der Waals surface area contributed by atoms with E-state index in [0.29, 0.717) is 0 Å². The van der Waals surface area contributed by atoms with Gasteiger partial charge in [0, 0.05) is 0 Å². The molecule has 108 valence electrons. The highest BCUT2D eigenvalue weighted by Gasteiger charge is 2.23. The lowest BCUT2D eigenvalue weighted by molar-refractivity contribution is -0.385. The van der Waals surface area contributed by atoms with Crippen molar-refractivity contribution in [2.45, 2.75) is 0 Å². The Morgan fingerprint density at radius 3 is 2.62 bits per heavy atom. The number of methoxy groups -OCH3 is 1. The highest BCUT2D eigenvalue weighted by molar-refractivity contribution is 5.88. The molecule has 0 aliphatic carbocycles. The van der Waals surface area contributed by atoms with E-state index in [1.165, 1.54) is 25.5 Å². The van der Waals surface area contributed by atoms with Crippen molar-refractivity contribution in [3.05, 3.63) is 58.1 Å². The molecule has 0 spiro atoms. The van der Waals surface area contributed by atoms with Gasteiger partial charge in [0.05, 0.1) is 29.5 Å². The predicted octanol–water partition coefficient (Wildman–Crippen LogP) is 2.76. The Balaban J connectivity index is 2.29. The van der Waals surface area contributed by atoms with Gasteiger partial charge in [0.25, 0.3) is 0 Å². The first kappa shape index (κ1) is 14.3. The molecule has 2 aromatic rings. The summed E-state index contributed by atoms with van der Waals surface area (Å²) in [4.78, 5) is 10.5. The van der Waals surface area contributed by atoms with Gasteiger partial charge in [0.2, 0.25) is 5.75 Å². The maximum atomic E-state index is 11.1. The van der Waals surface area contributed by atoms with Gasteiger partial charge in [-0.15, -0.1) is 0 Å². The molecule has 0 unspecified atom stereocenters. The van der Waals surface area contributed by atoms with Crippen LogP contribution in [0.15, 0.2) is 47.6 Å². The van der Waals surface area contributed by atoms with Crippen LogP contribution in [-0.2, 0) is 0 Å². The summed E-state index contributed by atoms with van der Waals surface area (Å²) in [6.07, 6.45) is 1.30. The molecule has 2 aromatic carbocycles. The fourth-order valence-corrected chi connectivity index (χ4v) is 1.76. The molecule has 7 nitrogen and oxygen atoms in total. The van der Waals surface area contributed by atoms with Crippen LogP contribution in [0.3, 0.4) is 0 Å². The summed E-state index contributed by atoms with van der Waals surface area (Å²) < 4.78 is 4.87. The van der Waals surface area contributed by atoms with E-state index in [2.05, 4.69) is 10.5 Å². The normalized spacial score (nSPS) is 10.5. The molecule has 0 aliphatic rings.